The van der Waals surface area contributed by atoms with Crippen LogP contribution in [0.4, 0.5) is 0 Å². The Bertz CT molecular complexity index is 345. The van der Waals surface area contributed by atoms with Gasteiger partial charge in [0.15, 0.2) is 0 Å². The van der Waals surface area contributed by atoms with E-state index >= 15 is 0 Å². The highest BCUT2D eigenvalue weighted by atomic mass is 35.5. The summed E-state index contributed by atoms with van der Waals surface area (Å²) in [6, 6.07) is 10.3. The van der Waals surface area contributed by atoms with E-state index in [4.69, 9.17) is 21.4 Å². The van der Waals surface area contributed by atoms with Crippen molar-refractivity contribution in [1.29, 1.82) is 0 Å². The molecule has 0 aliphatic carbocycles. The lowest BCUT2D eigenvalue weighted by Crippen LogP contribution is -2.42. The molecule has 94 valence electrons. The molecule has 2 atom stereocenters. The van der Waals surface area contributed by atoms with Gasteiger partial charge < -0.3 is 0 Å². The smallest absolute Gasteiger partial charge is 0.102 e. The van der Waals surface area contributed by atoms with Crippen LogP contribution in [0.3, 0.4) is 0 Å². The largest absolute Gasteiger partial charge is 0.236 e. The quantitative estimate of drug-likeness (QED) is 0.606. The van der Waals surface area contributed by atoms with Crippen molar-refractivity contribution in [3.63, 3.8) is 0 Å². The average molecular weight is 255 g/mol. The molecular formula is C14H19ClO2. The van der Waals surface area contributed by atoms with Gasteiger partial charge in [-0.25, -0.2) is 9.78 Å². The summed E-state index contributed by atoms with van der Waals surface area (Å²) in [6.45, 7) is 4.73. The van der Waals surface area contributed by atoms with Crippen LogP contribution in [0.5, 0.6) is 0 Å². The molecule has 3 heteroatoms. The Labute approximate surface area is 108 Å². The zero-order valence-electron chi connectivity index (χ0n) is 10.4. The fourth-order valence-electron chi connectivity index (χ4n) is 2.37. The van der Waals surface area contributed by atoms with E-state index in [9.17, 15) is 0 Å². The Morgan fingerprint density at radius 3 is 2.65 bits per heavy atom. The van der Waals surface area contributed by atoms with Crippen molar-refractivity contribution in [2.75, 3.05) is 6.61 Å². The molecule has 0 N–H and O–H groups in total. The molecule has 1 heterocycles. The molecule has 1 aliphatic heterocycles. The number of halogens is 1. The third-order valence-corrected chi connectivity index (χ3v) is 3.59. The summed E-state index contributed by atoms with van der Waals surface area (Å²) in [5.41, 5.74) is 1.26. The molecule has 2 rings (SSSR count). The van der Waals surface area contributed by atoms with E-state index in [0.29, 0.717) is 12.5 Å². The summed E-state index contributed by atoms with van der Waals surface area (Å²) < 4.78 is 0. The van der Waals surface area contributed by atoms with Crippen LogP contribution >= 0.6 is 11.6 Å². The number of benzene rings is 1. The lowest BCUT2D eigenvalue weighted by atomic mass is 9.83. The number of alkyl halides is 1. The SMILES string of the molecule is CC(C)(Cl)C1CCOOC1Cc1ccccc1. The average Bonchev–Trinajstić information content (AvgIpc) is 2.30. The van der Waals surface area contributed by atoms with Gasteiger partial charge in [-0.15, -0.1) is 11.6 Å². The molecule has 1 aliphatic rings. The second kappa shape index (κ2) is 5.38. The minimum absolute atomic E-state index is 0.0404. The van der Waals surface area contributed by atoms with Crippen molar-refractivity contribution < 1.29 is 9.78 Å². The van der Waals surface area contributed by atoms with Crippen molar-refractivity contribution in [2.24, 2.45) is 5.92 Å². The molecular weight excluding hydrogens is 236 g/mol. The van der Waals surface area contributed by atoms with E-state index in [1.54, 1.807) is 0 Å². The van der Waals surface area contributed by atoms with Crippen LogP contribution in [0, 0.1) is 5.92 Å². The van der Waals surface area contributed by atoms with E-state index in [2.05, 4.69) is 12.1 Å². The lowest BCUT2D eigenvalue weighted by Gasteiger charge is -2.37. The molecule has 0 saturated carbocycles. The Morgan fingerprint density at radius 1 is 1.29 bits per heavy atom. The van der Waals surface area contributed by atoms with Gasteiger partial charge in [-0.3, -0.25) is 0 Å². The van der Waals surface area contributed by atoms with Gasteiger partial charge >= 0.3 is 0 Å². The molecule has 0 aromatic heterocycles. The predicted molar refractivity (Wildman–Crippen MR) is 69.0 cm³/mol. The molecule has 17 heavy (non-hydrogen) atoms. The number of hydrogen-bond donors (Lipinski definition) is 0. The first-order valence-electron chi connectivity index (χ1n) is 6.08. The van der Waals surface area contributed by atoms with E-state index < -0.39 is 0 Å². The highest BCUT2D eigenvalue weighted by Crippen LogP contribution is 2.35. The van der Waals surface area contributed by atoms with Crippen LogP contribution in [0.1, 0.15) is 25.8 Å². The van der Waals surface area contributed by atoms with Gasteiger partial charge in [0.1, 0.15) is 6.10 Å². The highest BCUT2D eigenvalue weighted by molar-refractivity contribution is 6.23. The molecule has 1 aromatic carbocycles. The van der Waals surface area contributed by atoms with Gasteiger partial charge in [0.25, 0.3) is 0 Å². The van der Waals surface area contributed by atoms with Gasteiger partial charge in [0.2, 0.25) is 0 Å². The summed E-state index contributed by atoms with van der Waals surface area (Å²) >= 11 is 6.44. The minimum Gasteiger partial charge on any atom is -0.236 e. The zero-order chi connectivity index (χ0) is 12.3. The molecule has 1 saturated heterocycles. The van der Waals surface area contributed by atoms with Crippen molar-refractivity contribution in [2.45, 2.75) is 37.7 Å². The number of hydrogen-bond acceptors (Lipinski definition) is 2. The highest BCUT2D eigenvalue weighted by Gasteiger charge is 2.37. The third-order valence-electron chi connectivity index (χ3n) is 3.31. The van der Waals surface area contributed by atoms with E-state index in [-0.39, 0.29) is 11.0 Å². The van der Waals surface area contributed by atoms with Crippen LogP contribution in [-0.4, -0.2) is 17.6 Å². The topological polar surface area (TPSA) is 18.5 Å². The molecule has 1 aromatic rings. The van der Waals surface area contributed by atoms with Crippen molar-refractivity contribution >= 4 is 11.6 Å². The van der Waals surface area contributed by atoms with Gasteiger partial charge in [-0.1, -0.05) is 30.3 Å². The standard InChI is InChI=1S/C14H19ClO2/c1-14(2,15)12-8-9-16-17-13(12)10-11-6-4-3-5-7-11/h3-7,12-13H,8-10H2,1-2H3. The normalized spacial score (nSPS) is 25.8. The van der Waals surface area contributed by atoms with Crippen LogP contribution in [0.2, 0.25) is 0 Å². The Kier molecular flexibility index (Phi) is 4.08. The zero-order valence-corrected chi connectivity index (χ0v) is 11.1. The van der Waals surface area contributed by atoms with Crippen LogP contribution in [-0.2, 0) is 16.2 Å². The first kappa shape index (κ1) is 12.9. The molecule has 0 amide bonds. The van der Waals surface area contributed by atoms with Gasteiger partial charge in [0.05, 0.1) is 6.61 Å². The first-order valence-corrected chi connectivity index (χ1v) is 6.46. The molecule has 1 fully saturated rings. The van der Waals surface area contributed by atoms with Crippen molar-refractivity contribution in [3.05, 3.63) is 35.9 Å². The summed E-state index contributed by atoms with van der Waals surface area (Å²) in [7, 11) is 0. The molecule has 2 unspecified atom stereocenters. The van der Waals surface area contributed by atoms with Crippen LogP contribution < -0.4 is 0 Å². The Hall–Kier alpha value is -0.570. The van der Waals surface area contributed by atoms with Crippen LogP contribution in [0.25, 0.3) is 0 Å². The van der Waals surface area contributed by atoms with Crippen molar-refractivity contribution in [1.82, 2.24) is 0 Å². The molecule has 2 nitrogen and oxygen atoms in total. The second-order valence-corrected chi connectivity index (χ2v) is 6.08. The van der Waals surface area contributed by atoms with Gasteiger partial charge in [-0.2, -0.15) is 0 Å². The molecule has 0 bridgehead atoms. The fraction of sp³-hybridized carbons (Fsp3) is 0.571. The maximum absolute atomic E-state index is 6.44. The Balaban J connectivity index is 2.07. The minimum atomic E-state index is -0.261. The second-order valence-electron chi connectivity index (χ2n) is 5.11. The first-order chi connectivity index (χ1) is 8.07. The fourth-order valence-corrected chi connectivity index (χ4v) is 2.62. The van der Waals surface area contributed by atoms with Crippen molar-refractivity contribution in [3.8, 4) is 0 Å². The maximum Gasteiger partial charge on any atom is 0.102 e. The molecule has 0 radical (unpaired) electrons. The monoisotopic (exact) mass is 254 g/mol. The summed E-state index contributed by atoms with van der Waals surface area (Å²) in [6.07, 6.45) is 1.84. The summed E-state index contributed by atoms with van der Waals surface area (Å²) in [4.78, 5) is 10.3. The van der Waals surface area contributed by atoms with Gasteiger partial charge in [-0.05, 0) is 25.8 Å². The van der Waals surface area contributed by atoms with E-state index in [1.807, 2.05) is 32.0 Å². The number of rotatable bonds is 3. The van der Waals surface area contributed by atoms with Crippen LogP contribution in [0.15, 0.2) is 30.3 Å². The predicted octanol–water partition coefficient (Wildman–Crippen LogP) is 3.58. The molecule has 0 spiro atoms. The van der Waals surface area contributed by atoms with Gasteiger partial charge in [0, 0.05) is 17.2 Å². The third kappa shape index (κ3) is 3.44. The van der Waals surface area contributed by atoms with E-state index in [0.717, 1.165) is 12.8 Å². The maximum atomic E-state index is 6.44. The lowest BCUT2D eigenvalue weighted by molar-refractivity contribution is -0.359. The summed E-state index contributed by atoms with van der Waals surface area (Å²) in [5.74, 6) is 0.318. The van der Waals surface area contributed by atoms with E-state index in [1.165, 1.54) is 5.56 Å². The Morgan fingerprint density at radius 2 is 2.00 bits per heavy atom. The summed E-state index contributed by atoms with van der Waals surface area (Å²) in [5, 5.41) is 0.